The van der Waals surface area contributed by atoms with Crippen molar-refractivity contribution in [3.63, 3.8) is 0 Å². The van der Waals surface area contributed by atoms with Crippen molar-refractivity contribution in [3.05, 3.63) is 63.9 Å². The molecule has 96 valence electrons. The first-order valence-electron chi connectivity index (χ1n) is 6.20. The van der Waals surface area contributed by atoms with Crippen molar-refractivity contribution in [2.75, 3.05) is 6.54 Å². The van der Waals surface area contributed by atoms with Crippen molar-refractivity contribution in [2.45, 2.75) is 13.0 Å². The number of amides is 1. The van der Waals surface area contributed by atoms with Crippen molar-refractivity contribution in [1.29, 1.82) is 0 Å². The van der Waals surface area contributed by atoms with Crippen LogP contribution in [-0.2, 0) is 13.0 Å². The van der Waals surface area contributed by atoms with E-state index in [0.717, 1.165) is 17.4 Å². The Kier molecular flexibility index (Phi) is 3.34. The Balaban J connectivity index is 1.82. The fourth-order valence-corrected chi connectivity index (χ4v) is 2.78. The van der Waals surface area contributed by atoms with Crippen LogP contribution in [0.5, 0.6) is 0 Å². The van der Waals surface area contributed by atoms with Crippen LogP contribution < -0.4 is 0 Å². The quantitative estimate of drug-likeness (QED) is 0.810. The largest absolute Gasteiger partial charge is 0.334 e. The van der Waals surface area contributed by atoms with Crippen LogP contribution in [0.4, 0.5) is 0 Å². The van der Waals surface area contributed by atoms with Crippen LogP contribution in [0.25, 0.3) is 0 Å². The fraction of sp³-hybridized carbons (Fsp3) is 0.200. The number of aromatic nitrogens is 1. The molecular weight excluding hydrogens is 304 g/mol. The molecule has 1 aliphatic rings. The van der Waals surface area contributed by atoms with E-state index < -0.39 is 0 Å². The van der Waals surface area contributed by atoms with Crippen LogP contribution in [0.1, 0.15) is 21.5 Å². The molecule has 1 aromatic heterocycles. The summed E-state index contributed by atoms with van der Waals surface area (Å²) in [5.74, 6) is 0.0796. The predicted octanol–water partition coefficient (Wildman–Crippen LogP) is 3.04. The van der Waals surface area contributed by atoms with Crippen LogP contribution in [0.15, 0.2) is 47.2 Å². The second-order valence-corrected chi connectivity index (χ2v) is 5.54. The molecule has 0 fully saturated rings. The average molecular weight is 317 g/mol. The summed E-state index contributed by atoms with van der Waals surface area (Å²) >= 11 is 3.48. The van der Waals surface area contributed by atoms with Crippen molar-refractivity contribution < 1.29 is 4.79 Å². The minimum Gasteiger partial charge on any atom is -0.334 e. The van der Waals surface area contributed by atoms with Gasteiger partial charge in [-0.3, -0.25) is 9.78 Å². The summed E-state index contributed by atoms with van der Waals surface area (Å²) in [4.78, 5) is 18.2. The maximum absolute atomic E-state index is 12.4. The zero-order valence-electron chi connectivity index (χ0n) is 10.3. The monoisotopic (exact) mass is 316 g/mol. The SMILES string of the molecule is O=C(c1ccncc1)N1CCc2cc(Br)ccc2C1. The molecule has 1 aromatic carbocycles. The van der Waals surface area contributed by atoms with Gasteiger partial charge in [0.1, 0.15) is 0 Å². The summed E-state index contributed by atoms with van der Waals surface area (Å²) in [7, 11) is 0. The van der Waals surface area contributed by atoms with Crippen molar-refractivity contribution in [1.82, 2.24) is 9.88 Å². The smallest absolute Gasteiger partial charge is 0.254 e. The molecule has 1 amide bonds. The predicted molar refractivity (Wildman–Crippen MR) is 76.8 cm³/mol. The number of rotatable bonds is 1. The summed E-state index contributed by atoms with van der Waals surface area (Å²) in [5.41, 5.74) is 3.26. The Bertz CT molecular complexity index is 613. The minimum atomic E-state index is 0.0796. The second-order valence-electron chi connectivity index (χ2n) is 4.63. The van der Waals surface area contributed by atoms with Gasteiger partial charge in [-0.2, -0.15) is 0 Å². The Morgan fingerprint density at radius 2 is 1.95 bits per heavy atom. The van der Waals surface area contributed by atoms with Crippen LogP contribution in [-0.4, -0.2) is 22.3 Å². The first kappa shape index (κ1) is 12.4. The van der Waals surface area contributed by atoms with Gasteiger partial charge in [-0.25, -0.2) is 0 Å². The standard InChI is InChI=1S/C15H13BrN2O/c16-14-2-1-13-10-18(8-5-12(13)9-14)15(19)11-3-6-17-7-4-11/h1-4,6-7,9H,5,8,10H2. The van der Waals surface area contributed by atoms with Crippen LogP contribution in [0.3, 0.4) is 0 Å². The summed E-state index contributed by atoms with van der Waals surface area (Å²) < 4.78 is 1.10. The van der Waals surface area contributed by atoms with Gasteiger partial charge in [0.15, 0.2) is 0 Å². The Hall–Kier alpha value is -1.68. The normalized spacial score (nSPS) is 14.1. The van der Waals surface area contributed by atoms with E-state index in [-0.39, 0.29) is 5.91 Å². The highest BCUT2D eigenvalue weighted by Gasteiger charge is 2.21. The third kappa shape index (κ3) is 2.54. The van der Waals surface area contributed by atoms with E-state index in [4.69, 9.17) is 0 Å². The molecule has 0 saturated carbocycles. The van der Waals surface area contributed by atoms with E-state index in [2.05, 4.69) is 33.0 Å². The summed E-state index contributed by atoms with van der Waals surface area (Å²) in [6.45, 7) is 1.45. The van der Waals surface area contributed by atoms with Gasteiger partial charge in [-0.1, -0.05) is 22.0 Å². The Morgan fingerprint density at radius 3 is 2.74 bits per heavy atom. The van der Waals surface area contributed by atoms with Crippen LogP contribution >= 0.6 is 15.9 Å². The highest BCUT2D eigenvalue weighted by Crippen LogP contribution is 2.23. The summed E-state index contributed by atoms with van der Waals surface area (Å²) in [6.07, 6.45) is 4.22. The molecular formula is C15H13BrN2O. The molecule has 0 spiro atoms. The third-order valence-corrected chi connectivity index (χ3v) is 3.89. The number of nitrogens with zero attached hydrogens (tertiary/aromatic N) is 2. The van der Waals surface area contributed by atoms with Crippen molar-refractivity contribution in [3.8, 4) is 0 Å². The number of fused-ring (bicyclic) bond motifs is 1. The molecule has 0 aliphatic carbocycles. The lowest BCUT2D eigenvalue weighted by molar-refractivity contribution is 0.0734. The van der Waals surface area contributed by atoms with E-state index in [0.29, 0.717) is 12.1 Å². The lowest BCUT2D eigenvalue weighted by Crippen LogP contribution is -2.35. The molecule has 0 radical (unpaired) electrons. The lowest BCUT2D eigenvalue weighted by atomic mass is 9.99. The van der Waals surface area contributed by atoms with Gasteiger partial charge in [0.25, 0.3) is 5.91 Å². The van der Waals surface area contributed by atoms with Gasteiger partial charge < -0.3 is 4.90 Å². The minimum absolute atomic E-state index is 0.0796. The molecule has 2 heterocycles. The average Bonchev–Trinajstić information content (AvgIpc) is 2.47. The topological polar surface area (TPSA) is 33.2 Å². The highest BCUT2D eigenvalue weighted by atomic mass is 79.9. The van der Waals surface area contributed by atoms with Gasteiger partial charge >= 0.3 is 0 Å². The zero-order chi connectivity index (χ0) is 13.2. The van der Waals surface area contributed by atoms with Gasteiger partial charge in [0, 0.05) is 35.5 Å². The first-order chi connectivity index (χ1) is 9.24. The molecule has 19 heavy (non-hydrogen) atoms. The number of halogens is 1. The Morgan fingerprint density at radius 1 is 1.16 bits per heavy atom. The number of hydrogen-bond donors (Lipinski definition) is 0. The van der Waals surface area contributed by atoms with E-state index in [1.807, 2.05) is 11.0 Å². The molecule has 3 rings (SSSR count). The van der Waals surface area contributed by atoms with Crippen molar-refractivity contribution >= 4 is 21.8 Å². The van der Waals surface area contributed by atoms with Gasteiger partial charge in [0.2, 0.25) is 0 Å². The number of hydrogen-bond acceptors (Lipinski definition) is 2. The van der Waals surface area contributed by atoms with Gasteiger partial charge in [0.05, 0.1) is 0 Å². The van der Waals surface area contributed by atoms with Crippen LogP contribution in [0.2, 0.25) is 0 Å². The van der Waals surface area contributed by atoms with Crippen LogP contribution in [0, 0.1) is 0 Å². The van der Waals surface area contributed by atoms with E-state index in [1.54, 1.807) is 24.5 Å². The first-order valence-corrected chi connectivity index (χ1v) is 7.00. The third-order valence-electron chi connectivity index (χ3n) is 3.40. The number of carbonyl (C=O) groups excluding carboxylic acids is 1. The van der Waals surface area contributed by atoms with E-state index in [1.165, 1.54) is 11.1 Å². The van der Waals surface area contributed by atoms with Gasteiger partial charge in [-0.15, -0.1) is 0 Å². The molecule has 0 N–H and O–H groups in total. The highest BCUT2D eigenvalue weighted by molar-refractivity contribution is 9.10. The number of carbonyl (C=O) groups is 1. The second kappa shape index (κ2) is 5.13. The maximum atomic E-state index is 12.4. The summed E-state index contributed by atoms with van der Waals surface area (Å²) in [5, 5.41) is 0. The summed E-state index contributed by atoms with van der Waals surface area (Å²) in [6, 6.07) is 9.78. The maximum Gasteiger partial charge on any atom is 0.254 e. The van der Waals surface area contributed by atoms with Gasteiger partial charge in [-0.05, 0) is 41.8 Å². The molecule has 0 atom stereocenters. The van der Waals surface area contributed by atoms with E-state index >= 15 is 0 Å². The lowest BCUT2D eigenvalue weighted by Gasteiger charge is -2.29. The molecule has 3 nitrogen and oxygen atoms in total. The molecule has 2 aromatic rings. The molecule has 4 heteroatoms. The number of pyridine rings is 1. The fourth-order valence-electron chi connectivity index (χ4n) is 2.37. The molecule has 0 unspecified atom stereocenters. The zero-order valence-corrected chi connectivity index (χ0v) is 11.9. The Labute approximate surface area is 120 Å². The van der Waals surface area contributed by atoms with Crippen molar-refractivity contribution in [2.24, 2.45) is 0 Å². The molecule has 0 bridgehead atoms. The number of benzene rings is 1. The molecule has 1 aliphatic heterocycles. The molecule has 0 saturated heterocycles. The van der Waals surface area contributed by atoms with E-state index in [9.17, 15) is 4.79 Å².